The zero-order chi connectivity index (χ0) is 22.1. The molecule has 3 heterocycles. The van der Waals surface area contributed by atoms with Crippen LogP contribution >= 0.6 is 0 Å². The standard InChI is InChI=1S/C23H24FN5O2/c1-14-11-15(2)28(26-14)13-19-9-10-21(31-19)23(30)25-22-16(3)27-29(17(22)4)12-18-7-5-6-8-20(18)24/h5-11H,12-13H2,1-4H3,(H,25,30). The van der Waals surface area contributed by atoms with Crippen molar-refractivity contribution >= 4 is 11.6 Å². The third kappa shape index (κ3) is 4.28. The van der Waals surface area contributed by atoms with E-state index in [0.29, 0.717) is 29.2 Å². The Hall–Kier alpha value is -3.68. The number of nitrogens with one attached hydrogen (secondary N) is 1. The Morgan fingerprint density at radius 3 is 2.52 bits per heavy atom. The van der Waals surface area contributed by atoms with Crippen LogP contribution in [0, 0.1) is 33.5 Å². The van der Waals surface area contributed by atoms with Gasteiger partial charge >= 0.3 is 0 Å². The molecule has 0 bridgehead atoms. The van der Waals surface area contributed by atoms with Gasteiger partial charge in [-0.05, 0) is 52.0 Å². The summed E-state index contributed by atoms with van der Waals surface area (Å²) in [5.74, 6) is 0.194. The van der Waals surface area contributed by atoms with Crippen molar-refractivity contribution in [2.24, 2.45) is 0 Å². The molecule has 1 N–H and O–H groups in total. The molecular weight excluding hydrogens is 397 g/mol. The SMILES string of the molecule is Cc1cc(C)n(Cc2ccc(C(=O)Nc3c(C)nn(Cc4ccccc4F)c3C)o2)n1. The first kappa shape index (κ1) is 20.6. The summed E-state index contributed by atoms with van der Waals surface area (Å²) in [5, 5.41) is 11.7. The van der Waals surface area contributed by atoms with E-state index in [1.807, 2.05) is 31.5 Å². The summed E-state index contributed by atoms with van der Waals surface area (Å²) in [4.78, 5) is 12.8. The molecule has 8 heteroatoms. The molecule has 3 aromatic heterocycles. The molecule has 0 saturated carbocycles. The van der Waals surface area contributed by atoms with Crippen molar-refractivity contribution in [1.29, 1.82) is 0 Å². The van der Waals surface area contributed by atoms with Gasteiger partial charge in [-0.3, -0.25) is 14.2 Å². The molecule has 0 aliphatic carbocycles. The van der Waals surface area contributed by atoms with E-state index in [2.05, 4.69) is 15.5 Å². The Morgan fingerprint density at radius 1 is 1.03 bits per heavy atom. The molecule has 0 aliphatic heterocycles. The Labute approximate surface area is 179 Å². The third-order valence-corrected chi connectivity index (χ3v) is 5.19. The lowest BCUT2D eigenvalue weighted by Gasteiger charge is -2.07. The quantitative estimate of drug-likeness (QED) is 0.501. The molecular formula is C23H24FN5O2. The van der Waals surface area contributed by atoms with Gasteiger partial charge in [-0.15, -0.1) is 0 Å². The lowest BCUT2D eigenvalue weighted by atomic mass is 10.2. The van der Waals surface area contributed by atoms with Crippen LogP contribution in [0.3, 0.4) is 0 Å². The number of aromatic nitrogens is 4. The van der Waals surface area contributed by atoms with E-state index in [4.69, 9.17) is 4.42 Å². The minimum absolute atomic E-state index is 0.206. The van der Waals surface area contributed by atoms with Crippen LogP contribution in [0.2, 0.25) is 0 Å². The summed E-state index contributed by atoms with van der Waals surface area (Å²) in [6.07, 6.45) is 0. The fourth-order valence-corrected chi connectivity index (χ4v) is 3.56. The number of carbonyl (C=O) groups excluding carboxylic acids is 1. The minimum atomic E-state index is -0.365. The number of rotatable bonds is 6. The average Bonchev–Trinajstić information content (AvgIpc) is 3.39. The van der Waals surface area contributed by atoms with Gasteiger partial charge in [0.1, 0.15) is 11.6 Å². The lowest BCUT2D eigenvalue weighted by molar-refractivity contribution is 0.0994. The van der Waals surface area contributed by atoms with Gasteiger partial charge in [-0.1, -0.05) is 18.2 Å². The normalized spacial score (nSPS) is 11.1. The van der Waals surface area contributed by atoms with Crippen molar-refractivity contribution in [3.8, 4) is 0 Å². The maximum Gasteiger partial charge on any atom is 0.291 e. The van der Waals surface area contributed by atoms with Crippen LogP contribution < -0.4 is 5.32 Å². The van der Waals surface area contributed by atoms with Gasteiger partial charge in [-0.2, -0.15) is 10.2 Å². The molecule has 1 amide bonds. The number of aryl methyl sites for hydroxylation is 3. The number of furan rings is 1. The Kier molecular flexibility index (Phi) is 5.46. The van der Waals surface area contributed by atoms with Gasteiger partial charge in [0.15, 0.2) is 5.76 Å². The number of hydrogen-bond acceptors (Lipinski definition) is 4. The molecule has 7 nitrogen and oxygen atoms in total. The summed E-state index contributed by atoms with van der Waals surface area (Å²) >= 11 is 0. The summed E-state index contributed by atoms with van der Waals surface area (Å²) in [5.41, 5.74) is 4.47. The number of carbonyl (C=O) groups is 1. The molecule has 0 atom stereocenters. The fourth-order valence-electron chi connectivity index (χ4n) is 3.56. The van der Waals surface area contributed by atoms with Crippen LogP contribution in [0.5, 0.6) is 0 Å². The van der Waals surface area contributed by atoms with E-state index in [1.165, 1.54) is 6.07 Å². The van der Waals surface area contributed by atoms with Crippen LogP contribution in [0.15, 0.2) is 46.9 Å². The molecule has 31 heavy (non-hydrogen) atoms. The number of anilines is 1. The topological polar surface area (TPSA) is 77.9 Å². The molecule has 4 rings (SSSR count). The Morgan fingerprint density at radius 2 is 1.81 bits per heavy atom. The van der Waals surface area contributed by atoms with Gasteiger partial charge in [0.2, 0.25) is 0 Å². The van der Waals surface area contributed by atoms with E-state index < -0.39 is 0 Å². The van der Waals surface area contributed by atoms with Gasteiger partial charge in [-0.25, -0.2) is 4.39 Å². The molecule has 0 unspecified atom stereocenters. The molecule has 0 radical (unpaired) electrons. The van der Waals surface area contributed by atoms with Crippen LogP contribution in [-0.4, -0.2) is 25.5 Å². The van der Waals surface area contributed by atoms with Crippen LogP contribution in [0.1, 0.15) is 44.7 Å². The highest BCUT2D eigenvalue weighted by Crippen LogP contribution is 2.22. The van der Waals surface area contributed by atoms with Crippen LogP contribution in [-0.2, 0) is 13.1 Å². The lowest BCUT2D eigenvalue weighted by Crippen LogP contribution is -2.13. The second-order valence-electron chi connectivity index (χ2n) is 7.60. The largest absolute Gasteiger partial charge is 0.454 e. The molecule has 160 valence electrons. The summed E-state index contributed by atoms with van der Waals surface area (Å²) < 4.78 is 23.2. The predicted octanol–water partition coefficient (Wildman–Crippen LogP) is 4.39. The van der Waals surface area contributed by atoms with Crippen molar-refractivity contribution in [2.75, 3.05) is 5.32 Å². The summed E-state index contributed by atoms with van der Waals surface area (Å²) in [7, 11) is 0. The molecule has 1 aromatic carbocycles. The zero-order valence-electron chi connectivity index (χ0n) is 17.9. The highest BCUT2D eigenvalue weighted by molar-refractivity contribution is 6.02. The maximum absolute atomic E-state index is 14.0. The van der Waals surface area contributed by atoms with Crippen molar-refractivity contribution in [3.63, 3.8) is 0 Å². The van der Waals surface area contributed by atoms with Crippen molar-refractivity contribution < 1.29 is 13.6 Å². The first-order chi connectivity index (χ1) is 14.8. The van der Waals surface area contributed by atoms with Gasteiger partial charge < -0.3 is 9.73 Å². The molecule has 4 aromatic rings. The highest BCUT2D eigenvalue weighted by atomic mass is 19.1. The van der Waals surface area contributed by atoms with E-state index in [-0.39, 0.29) is 24.0 Å². The molecule has 0 fully saturated rings. The minimum Gasteiger partial charge on any atom is -0.454 e. The number of halogens is 1. The van der Waals surface area contributed by atoms with E-state index in [9.17, 15) is 9.18 Å². The zero-order valence-corrected chi connectivity index (χ0v) is 17.9. The molecule has 0 saturated heterocycles. The maximum atomic E-state index is 14.0. The Balaban J connectivity index is 1.49. The van der Waals surface area contributed by atoms with E-state index >= 15 is 0 Å². The number of nitrogens with zero attached hydrogens (tertiary/aromatic N) is 4. The number of benzene rings is 1. The number of amides is 1. The number of hydrogen-bond donors (Lipinski definition) is 1. The fraction of sp³-hybridized carbons (Fsp3) is 0.261. The summed E-state index contributed by atoms with van der Waals surface area (Å²) in [6, 6.07) is 12.0. The van der Waals surface area contributed by atoms with E-state index in [1.54, 1.807) is 41.9 Å². The average molecular weight is 421 g/mol. The Bertz CT molecular complexity index is 1250. The third-order valence-electron chi connectivity index (χ3n) is 5.19. The highest BCUT2D eigenvalue weighted by Gasteiger charge is 2.18. The predicted molar refractivity (Wildman–Crippen MR) is 115 cm³/mol. The van der Waals surface area contributed by atoms with Gasteiger partial charge in [0.05, 0.1) is 35.9 Å². The monoisotopic (exact) mass is 421 g/mol. The van der Waals surface area contributed by atoms with Crippen molar-refractivity contribution in [1.82, 2.24) is 19.6 Å². The first-order valence-electron chi connectivity index (χ1n) is 10.0. The van der Waals surface area contributed by atoms with Crippen LogP contribution in [0.4, 0.5) is 10.1 Å². The first-order valence-corrected chi connectivity index (χ1v) is 10.0. The smallest absolute Gasteiger partial charge is 0.291 e. The van der Waals surface area contributed by atoms with Crippen molar-refractivity contribution in [3.05, 3.63) is 88.1 Å². The van der Waals surface area contributed by atoms with Crippen LogP contribution in [0.25, 0.3) is 0 Å². The second kappa shape index (κ2) is 8.22. The molecule has 0 spiro atoms. The second-order valence-corrected chi connectivity index (χ2v) is 7.60. The van der Waals surface area contributed by atoms with Crippen molar-refractivity contribution in [2.45, 2.75) is 40.8 Å². The van der Waals surface area contributed by atoms with Gasteiger partial charge in [0, 0.05) is 11.3 Å². The van der Waals surface area contributed by atoms with E-state index in [0.717, 1.165) is 17.1 Å². The molecule has 0 aliphatic rings. The summed E-state index contributed by atoms with van der Waals surface area (Å²) in [6.45, 7) is 8.28. The van der Waals surface area contributed by atoms with Gasteiger partial charge in [0.25, 0.3) is 5.91 Å².